The molecule has 2 atom stereocenters. The van der Waals surface area contributed by atoms with E-state index in [1.54, 1.807) is 11.5 Å². The van der Waals surface area contributed by atoms with Crippen molar-refractivity contribution in [3.05, 3.63) is 126 Å². The standard InChI is InChI=1S/C29H21N3O6S4/c30-22-27(34)31-23(29(35)38-24(16-7-3-1-4-8-16)17-9-5-2-6-10-17)18(14-41-28(22)31)11-12-39-21-13-20(33)26-25(42-21)19(15-40-26)32(36)37/h1-13,15,22,24,28H,14,30H2/b12-11+. The van der Waals surface area contributed by atoms with Gasteiger partial charge in [0.2, 0.25) is 5.91 Å². The summed E-state index contributed by atoms with van der Waals surface area (Å²) in [6, 6.07) is 19.5. The SMILES string of the molecule is NC1C(=O)N2C(C(=O)OC(c3ccccc3)c3ccccc3)=C(/C=C/Sc3cc(=O)c4scc([N+](=O)[O-])c4s3)CSC12. The fourth-order valence-electron chi connectivity index (χ4n) is 4.68. The van der Waals surface area contributed by atoms with Gasteiger partial charge in [-0.2, -0.15) is 0 Å². The Morgan fingerprint density at radius 1 is 1.10 bits per heavy atom. The zero-order valence-corrected chi connectivity index (χ0v) is 24.8. The maximum Gasteiger partial charge on any atom is 0.356 e. The molecule has 1 amide bonds. The van der Waals surface area contributed by atoms with E-state index in [1.165, 1.54) is 39.9 Å². The number of esters is 1. The number of allylic oxidation sites excluding steroid dienone is 1. The molecule has 2 unspecified atom stereocenters. The highest BCUT2D eigenvalue weighted by Gasteiger charge is 2.52. The van der Waals surface area contributed by atoms with Gasteiger partial charge in [0.1, 0.15) is 21.8 Å². The lowest BCUT2D eigenvalue weighted by molar-refractivity contribution is -0.382. The van der Waals surface area contributed by atoms with Crippen LogP contribution in [0.25, 0.3) is 9.40 Å². The number of nitrogens with zero attached hydrogens (tertiary/aromatic N) is 2. The second kappa shape index (κ2) is 11.9. The van der Waals surface area contributed by atoms with Crippen molar-refractivity contribution in [2.24, 2.45) is 5.73 Å². The molecule has 2 aromatic heterocycles. The first-order chi connectivity index (χ1) is 20.3. The molecule has 212 valence electrons. The summed E-state index contributed by atoms with van der Waals surface area (Å²) in [6.45, 7) is 0. The number of hydrogen-bond acceptors (Lipinski definition) is 11. The van der Waals surface area contributed by atoms with Crippen LogP contribution in [-0.2, 0) is 14.3 Å². The van der Waals surface area contributed by atoms with E-state index in [2.05, 4.69) is 0 Å². The van der Waals surface area contributed by atoms with Crippen LogP contribution >= 0.6 is 46.2 Å². The number of thiophene rings is 1. The van der Waals surface area contributed by atoms with E-state index in [0.29, 0.717) is 24.9 Å². The van der Waals surface area contributed by atoms with Crippen molar-refractivity contribution in [1.29, 1.82) is 0 Å². The Labute approximate surface area is 255 Å². The van der Waals surface area contributed by atoms with Crippen molar-refractivity contribution in [3.8, 4) is 0 Å². The quantitative estimate of drug-likeness (QED) is 0.0855. The lowest BCUT2D eigenvalue weighted by Gasteiger charge is -2.48. The summed E-state index contributed by atoms with van der Waals surface area (Å²) < 4.78 is 7.34. The first kappa shape index (κ1) is 28.4. The number of nitrogens with two attached hydrogens (primary N) is 1. The molecule has 4 aromatic rings. The van der Waals surface area contributed by atoms with Crippen LogP contribution in [0.15, 0.2) is 104 Å². The third-order valence-corrected chi connectivity index (χ3v) is 11.2. The first-order valence-corrected chi connectivity index (χ1v) is 16.2. The Hall–Kier alpha value is -3.75. The smallest absolute Gasteiger partial charge is 0.356 e. The molecular weight excluding hydrogens is 615 g/mol. The summed E-state index contributed by atoms with van der Waals surface area (Å²) in [5.74, 6) is -0.596. The van der Waals surface area contributed by atoms with Crippen LogP contribution in [-0.4, -0.2) is 38.9 Å². The molecule has 0 saturated carbocycles. The summed E-state index contributed by atoms with van der Waals surface area (Å²) >= 11 is 4.88. The second-order valence-corrected chi connectivity index (χ2v) is 13.5. The summed E-state index contributed by atoms with van der Waals surface area (Å²) in [7, 11) is 0. The average Bonchev–Trinajstić information content (AvgIpc) is 3.45. The van der Waals surface area contributed by atoms with E-state index < -0.39 is 23.0 Å². The van der Waals surface area contributed by atoms with Gasteiger partial charge in [0.05, 0.1) is 19.2 Å². The summed E-state index contributed by atoms with van der Waals surface area (Å²) in [5, 5.41) is 14.1. The minimum Gasteiger partial charge on any atom is -0.448 e. The van der Waals surface area contributed by atoms with Crippen molar-refractivity contribution in [2.45, 2.75) is 21.7 Å². The number of β-lactam (4-membered cyclic amide) rings is 1. The lowest BCUT2D eigenvalue weighted by atomic mass is 10.0. The minimum atomic E-state index is -0.706. The Bertz CT molecular complexity index is 1780. The predicted octanol–water partition coefficient (Wildman–Crippen LogP) is 5.67. The van der Waals surface area contributed by atoms with Crippen LogP contribution in [0.3, 0.4) is 0 Å². The van der Waals surface area contributed by atoms with Gasteiger partial charge in [-0.1, -0.05) is 72.4 Å². The van der Waals surface area contributed by atoms with Crippen LogP contribution in [0.5, 0.6) is 0 Å². The van der Waals surface area contributed by atoms with Crippen LogP contribution in [0.2, 0.25) is 0 Å². The predicted molar refractivity (Wildman–Crippen MR) is 167 cm³/mol. The summed E-state index contributed by atoms with van der Waals surface area (Å²) in [4.78, 5) is 51.5. The molecule has 0 aliphatic carbocycles. The van der Waals surface area contributed by atoms with Crippen LogP contribution in [0, 0.1) is 10.1 Å². The van der Waals surface area contributed by atoms with E-state index in [9.17, 15) is 24.5 Å². The Balaban J connectivity index is 1.33. The van der Waals surface area contributed by atoms with Crippen molar-refractivity contribution >= 4 is 73.2 Å². The van der Waals surface area contributed by atoms with E-state index in [0.717, 1.165) is 33.8 Å². The van der Waals surface area contributed by atoms with E-state index in [-0.39, 0.29) is 28.1 Å². The molecule has 6 rings (SSSR count). The maximum absolute atomic E-state index is 13.8. The molecule has 42 heavy (non-hydrogen) atoms. The molecule has 0 radical (unpaired) electrons. The van der Waals surface area contributed by atoms with Crippen molar-refractivity contribution < 1.29 is 19.2 Å². The van der Waals surface area contributed by atoms with Gasteiger partial charge in [-0.05, 0) is 28.2 Å². The van der Waals surface area contributed by atoms with Gasteiger partial charge >= 0.3 is 5.97 Å². The minimum absolute atomic E-state index is 0.0926. The van der Waals surface area contributed by atoms with E-state index in [4.69, 9.17) is 10.5 Å². The van der Waals surface area contributed by atoms with Crippen LogP contribution in [0.1, 0.15) is 17.2 Å². The fraction of sp³-hybridized carbons (Fsp3) is 0.138. The molecular formula is C29H21N3O6S4. The van der Waals surface area contributed by atoms with Gasteiger partial charge in [0.15, 0.2) is 11.5 Å². The molecule has 2 N–H and O–H groups in total. The topological polar surface area (TPSA) is 133 Å². The largest absolute Gasteiger partial charge is 0.448 e. The first-order valence-electron chi connectivity index (χ1n) is 12.6. The third kappa shape index (κ3) is 5.29. The van der Waals surface area contributed by atoms with Gasteiger partial charge in [0.25, 0.3) is 5.69 Å². The zero-order chi connectivity index (χ0) is 29.4. The van der Waals surface area contributed by atoms with Gasteiger partial charge < -0.3 is 10.5 Å². The number of carbonyl (C=O) groups is 2. The molecule has 2 aliphatic heterocycles. The van der Waals surface area contributed by atoms with Gasteiger partial charge in [-0.25, -0.2) is 4.79 Å². The second-order valence-electron chi connectivity index (χ2n) is 9.30. The van der Waals surface area contributed by atoms with Gasteiger partial charge in [0, 0.05) is 11.8 Å². The number of benzene rings is 2. The molecule has 2 aliphatic rings. The molecule has 0 spiro atoms. The van der Waals surface area contributed by atoms with E-state index in [1.807, 2.05) is 60.7 Å². The normalized spacial score (nSPS) is 18.4. The Morgan fingerprint density at radius 2 is 1.76 bits per heavy atom. The Morgan fingerprint density at radius 3 is 2.40 bits per heavy atom. The molecule has 2 aromatic carbocycles. The lowest BCUT2D eigenvalue weighted by Crippen LogP contribution is -2.68. The van der Waals surface area contributed by atoms with Crippen LogP contribution < -0.4 is 11.2 Å². The summed E-state index contributed by atoms with van der Waals surface area (Å²) in [6.07, 6.45) is 1.01. The average molecular weight is 636 g/mol. The molecule has 13 heteroatoms. The number of amides is 1. The number of carbonyl (C=O) groups excluding carboxylic acids is 2. The van der Waals surface area contributed by atoms with E-state index >= 15 is 0 Å². The fourth-order valence-corrected chi connectivity index (χ4v) is 9.06. The van der Waals surface area contributed by atoms with Crippen molar-refractivity contribution in [1.82, 2.24) is 4.90 Å². The monoisotopic (exact) mass is 635 g/mol. The highest BCUT2D eigenvalue weighted by atomic mass is 32.2. The maximum atomic E-state index is 13.8. The number of ether oxygens (including phenoxy) is 1. The van der Waals surface area contributed by atoms with Gasteiger partial charge in [-0.15, -0.1) is 34.4 Å². The summed E-state index contributed by atoms with van der Waals surface area (Å²) in [5.41, 5.74) is 7.94. The number of rotatable bonds is 8. The highest BCUT2D eigenvalue weighted by Crippen LogP contribution is 2.42. The number of hydrogen-bond donors (Lipinski definition) is 1. The third-order valence-electron chi connectivity index (χ3n) is 6.71. The van der Waals surface area contributed by atoms with Crippen LogP contribution in [0.4, 0.5) is 5.69 Å². The number of nitro groups is 1. The number of fused-ring (bicyclic) bond motifs is 2. The molecule has 9 nitrogen and oxygen atoms in total. The molecule has 1 fully saturated rings. The zero-order valence-electron chi connectivity index (χ0n) is 21.6. The molecule has 0 bridgehead atoms. The van der Waals surface area contributed by atoms with Crippen molar-refractivity contribution in [2.75, 3.05) is 5.75 Å². The van der Waals surface area contributed by atoms with Crippen molar-refractivity contribution in [3.63, 3.8) is 0 Å². The molecule has 4 heterocycles. The Kier molecular flexibility index (Phi) is 8.01. The number of thioether (sulfide) groups is 2. The molecule has 1 saturated heterocycles. The highest BCUT2D eigenvalue weighted by molar-refractivity contribution is 8.04. The van der Waals surface area contributed by atoms with Gasteiger partial charge in [-0.3, -0.25) is 24.6 Å².